The summed E-state index contributed by atoms with van der Waals surface area (Å²) in [6.45, 7) is 2.28. The lowest BCUT2D eigenvalue weighted by molar-refractivity contribution is 0.0946. The molecule has 10 nitrogen and oxygen atoms in total. The number of pyridine rings is 1. The number of rotatable bonds is 8. The third-order valence-corrected chi connectivity index (χ3v) is 4.76. The molecular formula is C22H22N6O4. The Labute approximate surface area is 184 Å². The van der Waals surface area contributed by atoms with Gasteiger partial charge in [0, 0.05) is 25.4 Å². The van der Waals surface area contributed by atoms with Gasteiger partial charge < -0.3 is 19.3 Å². The summed E-state index contributed by atoms with van der Waals surface area (Å²) >= 11 is 0. The monoisotopic (exact) mass is 434 g/mol. The van der Waals surface area contributed by atoms with Crippen molar-refractivity contribution in [3.63, 3.8) is 0 Å². The molecule has 0 fully saturated rings. The second-order valence-corrected chi connectivity index (χ2v) is 6.81. The number of aromatic nitrogens is 5. The van der Waals surface area contributed by atoms with Crippen LogP contribution in [0.25, 0.3) is 17.3 Å². The zero-order chi connectivity index (χ0) is 22.5. The van der Waals surface area contributed by atoms with Crippen LogP contribution in [-0.2, 0) is 13.0 Å². The zero-order valence-electron chi connectivity index (χ0n) is 17.9. The first kappa shape index (κ1) is 21.0. The first-order chi connectivity index (χ1) is 15.6. The quantitative estimate of drug-likeness (QED) is 0.450. The van der Waals surface area contributed by atoms with Crippen LogP contribution in [0, 0.1) is 0 Å². The third kappa shape index (κ3) is 4.43. The van der Waals surface area contributed by atoms with Gasteiger partial charge in [0.25, 0.3) is 11.8 Å². The second kappa shape index (κ2) is 9.29. The minimum Gasteiger partial charge on any atom is -0.493 e. The van der Waals surface area contributed by atoms with Gasteiger partial charge in [-0.25, -0.2) is 9.97 Å². The van der Waals surface area contributed by atoms with Crippen LogP contribution < -0.4 is 14.8 Å². The van der Waals surface area contributed by atoms with Crippen molar-refractivity contribution in [1.82, 2.24) is 30.0 Å². The molecule has 0 radical (unpaired) electrons. The molecular weight excluding hydrogens is 412 g/mol. The highest BCUT2D eigenvalue weighted by atomic mass is 16.5. The molecule has 4 aromatic rings. The van der Waals surface area contributed by atoms with Crippen LogP contribution in [0.4, 0.5) is 0 Å². The van der Waals surface area contributed by atoms with Gasteiger partial charge in [-0.1, -0.05) is 18.1 Å². The van der Waals surface area contributed by atoms with Crippen LogP contribution in [0.15, 0.2) is 53.6 Å². The summed E-state index contributed by atoms with van der Waals surface area (Å²) in [5, 5.41) is 6.73. The lowest BCUT2D eigenvalue weighted by atomic mass is 10.2. The first-order valence-electron chi connectivity index (χ1n) is 9.93. The molecule has 0 atom stereocenters. The van der Waals surface area contributed by atoms with Crippen LogP contribution in [-0.4, -0.2) is 44.8 Å². The Bertz CT molecular complexity index is 1220. The number of benzene rings is 1. The van der Waals surface area contributed by atoms with Gasteiger partial charge in [0.1, 0.15) is 17.8 Å². The Balaban J connectivity index is 1.41. The molecule has 3 heterocycles. The highest BCUT2D eigenvalue weighted by Gasteiger charge is 2.13. The minimum absolute atomic E-state index is 0.279. The number of hydrogen-bond donors (Lipinski definition) is 1. The fraction of sp³-hybridized carbons (Fsp3) is 0.227. The summed E-state index contributed by atoms with van der Waals surface area (Å²) < 4.78 is 17.4. The normalized spacial score (nSPS) is 10.7. The molecule has 1 aromatic carbocycles. The molecule has 164 valence electrons. The molecule has 0 aliphatic heterocycles. The predicted octanol–water partition coefficient (Wildman–Crippen LogP) is 2.83. The van der Waals surface area contributed by atoms with Crippen LogP contribution in [0.2, 0.25) is 0 Å². The molecule has 3 aromatic heterocycles. The van der Waals surface area contributed by atoms with E-state index in [0.29, 0.717) is 47.6 Å². The summed E-state index contributed by atoms with van der Waals surface area (Å²) in [5.74, 6) is 2.60. The van der Waals surface area contributed by atoms with Gasteiger partial charge in [0.15, 0.2) is 17.3 Å². The maximum absolute atomic E-state index is 12.5. The fourth-order valence-electron chi connectivity index (χ4n) is 3.01. The Kier molecular flexibility index (Phi) is 6.11. The Morgan fingerprint density at radius 1 is 1.12 bits per heavy atom. The zero-order valence-corrected chi connectivity index (χ0v) is 17.9. The molecule has 10 heteroatoms. The number of carbonyl (C=O) groups excluding carboxylic acids is 1. The maximum Gasteiger partial charge on any atom is 0.271 e. The molecule has 0 unspecified atom stereocenters. The van der Waals surface area contributed by atoms with E-state index < -0.39 is 0 Å². The molecule has 0 aliphatic carbocycles. The number of ether oxygens (including phenoxy) is 2. The second-order valence-electron chi connectivity index (χ2n) is 6.81. The Morgan fingerprint density at radius 3 is 2.66 bits per heavy atom. The number of aryl methyl sites for hydroxylation is 1. The summed E-state index contributed by atoms with van der Waals surface area (Å²) in [6, 6.07) is 9.08. The number of nitrogens with one attached hydrogen (secondary N) is 1. The fourth-order valence-corrected chi connectivity index (χ4v) is 3.01. The van der Waals surface area contributed by atoms with Crippen molar-refractivity contribution in [1.29, 1.82) is 0 Å². The van der Waals surface area contributed by atoms with E-state index >= 15 is 0 Å². The van der Waals surface area contributed by atoms with Gasteiger partial charge in [-0.15, -0.1) is 0 Å². The van der Waals surface area contributed by atoms with Gasteiger partial charge >= 0.3 is 0 Å². The van der Waals surface area contributed by atoms with Crippen molar-refractivity contribution in [3.8, 4) is 28.8 Å². The number of nitrogens with zero attached hydrogens (tertiary/aromatic N) is 5. The highest BCUT2D eigenvalue weighted by molar-refractivity contribution is 5.92. The van der Waals surface area contributed by atoms with Crippen molar-refractivity contribution < 1.29 is 18.8 Å². The number of carbonyl (C=O) groups is 1. The topological polar surface area (TPSA) is 117 Å². The smallest absolute Gasteiger partial charge is 0.271 e. The minimum atomic E-state index is -0.298. The van der Waals surface area contributed by atoms with Crippen LogP contribution in [0.1, 0.15) is 28.8 Å². The van der Waals surface area contributed by atoms with E-state index in [9.17, 15) is 4.79 Å². The van der Waals surface area contributed by atoms with Gasteiger partial charge in [-0.05, 0) is 29.8 Å². The SMILES string of the molecule is CCc1noc(-c2ccc(-n3cnc(C(=O)NCc4ccc(OC)c(OC)c4)c3)nc2)n1. The lowest BCUT2D eigenvalue weighted by Gasteiger charge is -2.10. The van der Waals surface area contributed by atoms with E-state index in [2.05, 4.69) is 25.4 Å². The van der Waals surface area contributed by atoms with Crippen LogP contribution in [0.3, 0.4) is 0 Å². The Hall–Kier alpha value is -4.21. The average Bonchev–Trinajstić information content (AvgIpc) is 3.52. The molecule has 0 bridgehead atoms. The number of amides is 1. The third-order valence-electron chi connectivity index (χ3n) is 4.76. The standard InChI is InChI=1S/C22H22N6O4/c1-4-19-26-22(32-27-19)15-6-8-20(23-11-15)28-12-16(25-13-28)21(29)24-10-14-5-7-17(30-2)18(9-14)31-3/h5-9,11-13H,4,10H2,1-3H3,(H,24,29). The van der Waals surface area contributed by atoms with Crippen LogP contribution >= 0.6 is 0 Å². The van der Waals surface area contributed by atoms with Gasteiger partial charge in [-0.2, -0.15) is 4.98 Å². The largest absolute Gasteiger partial charge is 0.493 e. The van der Waals surface area contributed by atoms with Gasteiger partial charge in [-0.3, -0.25) is 9.36 Å². The van der Waals surface area contributed by atoms with E-state index in [0.717, 1.165) is 5.56 Å². The Morgan fingerprint density at radius 2 is 1.97 bits per heavy atom. The van der Waals surface area contributed by atoms with E-state index in [-0.39, 0.29) is 11.6 Å². The molecule has 0 spiro atoms. The average molecular weight is 434 g/mol. The number of methoxy groups -OCH3 is 2. The molecule has 0 saturated carbocycles. The van der Waals surface area contributed by atoms with Crippen molar-refractivity contribution in [2.24, 2.45) is 0 Å². The van der Waals surface area contributed by atoms with E-state index in [1.165, 1.54) is 6.33 Å². The lowest BCUT2D eigenvalue weighted by Crippen LogP contribution is -2.23. The molecule has 4 rings (SSSR count). The molecule has 0 aliphatic rings. The summed E-state index contributed by atoms with van der Waals surface area (Å²) in [4.78, 5) is 25.4. The van der Waals surface area contributed by atoms with E-state index in [4.69, 9.17) is 14.0 Å². The summed E-state index contributed by atoms with van der Waals surface area (Å²) in [7, 11) is 3.14. The van der Waals surface area contributed by atoms with Crippen molar-refractivity contribution in [2.75, 3.05) is 14.2 Å². The molecule has 32 heavy (non-hydrogen) atoms. The van der Waals surface area contributed by atoms with E-state index in [1.807, 2.05) is 25.1 Å². The maximum atomic E-state index is 12.5. The van der Waals surface area contributed by atoms with Gasteiger partial charge in [0.2, 0.25) is 0 Å². The summed E-state index contributed by atoms with van der Waals surface area (Å²) in [6.07, 6.45) is 5.49. The van der Waals surface area contributed by atoms with Crippen molar-refractivity contribution in [2.45, 2.75) is 19.9 Å². The molecule has 0 saturated heterocycles. The van der Waals surface area contributed by atoms with Crippen LogP contribution in [0.5, 0.6) is 11.5 Å². The first-order valence-corrected chi connectivity index (χ1v) is 9.93. The number of imidazole rings is 1. The highest BCUT2D eigenvalue weighted by Crippen LogP contribution is 2.27. The van der Waals surface area contributed by atoms with E-state index in [1.54, 1.807) is 43.3 Å². The van der Waals surface area contributed by atoms with Crippen molar-refractivity contribution >= 4 is 5.91 Å². The predicted molar refractivity (Wildman–Crippen MR) is 115 cm³/mol. The molecule has 1 N–H and O–H groups in total. The van der Waals surface area contributed by atoms with Gasteiger partial charge in [0.05, 0.1) is 19.8 Å². The number of hydrogen-bond acceptors (Lipinski definition) is 8. The summed E-state index contributed by atoms with van der Waals surface area (Å²) in [5.41, 5.74) is 1.87. The van der Waals surface area contributed by atoms with Crippen molar-refractivity contribution in [3.05, 3.63) is 66.1 Å². The molecule has 1 amide bonds.